The maximum atomic E-state index is 12.2. The van der Waals surface area contributed by atoms with E-state index in [-0.39, 0.29) is 5.91 Å². The zero-order valence-electron chi connectivity index (χ0n) is 15.3. The summed E-state index contributed by atoms with van der Waals surface area (Å²) in [5.41, 5.74) is 8.28. The van der Waals surface area contributed by atoms with Gasteiger partial charge in [-0.25, -0.2) is 0 Å². The highest BCUT2D eigenvalue weighted by atomic mass is 32.1. The fraction of sp³-hybridized carbons (Fsp3) is 0.300. The molecule has 0 saturated heterocycles. The molecule has 5 nitrogen and oxygen atoms in total. The van der Waals surface area contributed by atoms with Gasteiger partial charge in [0.05, 0.1) is 0 Å². The molecule has 0 heterocycles. The van der Waals surface area contributed by atoms with E-state index < -0.39 is 0 Å². The van der Waals surface area contributed by atoms with E-state index in [1.165, 1.54) is 5.56 Å². The molecule has 0 aliphatic rings. The number of hydrazine groups is 1. The fourth-order valence-electron chi connectivity index (χ4n) is 2.61. The molecule has 0 aromatic heterocycles. The number of anilines is 1. The van der Waals surface area contributed by atoms with Gasteiger partial charge in [0, 0.05) is 30.9 Å². The Kier molecular flexibility index (Phi) is 7.89. The van der Waals surface area contributed by atoms with Crippen LogP contribution in [-0.4, -0.2) is 30.7 Å². The second-order valence-electron chi connectivity index (χ2n) is 5.79. The quantitative estimate of drug-likeness (QED) is 0.517. The Bertz CT molecular complexity index is 700. The van der Waals surface area contributed by atoms with Crippen LogP contribution in [0.2, 0.25) is 0 Å². The highest BCUT2D eigenvalue weighted by molar-refractivity contribution is 7.80. The molecule has 0 aliphatic heterocycles. The fourth-order valence-corrected chi connectivity index (χ4v) is 2.76. The van der Waals surface area contributed by atoms with Crippen LogP contribution in [0.5, 0.6) is 0 Å². The number of nitrogens with zero attached hydrogens (tertiary/aromatic N) is 1. The van der Waals surface area contributed by atoms with Crippen LogP contribution in [-0.2, 0) is 6.42 Å². The summed E-state index contributed by atoms with van der Waals surface area (Å²) < 4.78 is 0. The Morgan fingerprint density at radius 2 is 1.62 bits per heavy atom. The predicted octanol–water partition coefficient (Wildman–Crippen LogP) is 2.88. The Morgan fingerprint density at radius 3 is 2.23 bits per heavy atom. The van der Waals surface area contributed by atoms with Crippen molar-refractivity contribution in [2.24, 2.45) is 0 Å². The second kappa shape index (κ2) is 10.4. The van der Waals surface area contributed by atoms with E-state index in [0.717, 1.165) is 25.2 Å². The topological polar surface area (TPSA) is 56.4 Å². The highest BCUT2D eigenvalue weighted by Gasteiger charge is 2.07. The summed E-state index contributed by atoms with van der Waals surface area (Å²) in [4.78, 5) is 14.4. The smallest absolute Gasteiger partial charge is 0.269 e. The number of hydrogen-bond acceptors (Lipinski definition) is 3. The van der Waals surface area contributed by atoms with Crippen LogP contribution < -0.4 is 21.1 Å². The van der Waals surface area contributed by atoms with E-state index in [4.69, 9.17) is 12.2 Å². The molecule has 0 unspecified atom stereocenters. The van der Waals surface area contributed by atoms with E-state index in [9.17, 15) is 4.79 Å². The third-order valence-corrected chi connectivity index (χ3v) is 4.34. The molecule has 1 amide bonds. The second-order valence-corrected chi connectivity index (χ2v) is 6.20. The summed E-state index contributed by atoms with van der Waals surface area (Å²) in [5, 5.41) is 3.47. The van der Waals surface area contributed by atoms with Crippen molar-refractivity contribution >= 4 is 28.9 Å². The van der Waals surface area contributed by atoms with Crippen molar-refractivity contribution < 1.29 is 4.79 Å². The molecular weight excluding hydrogens is 344 g/mol. The van der Waals surface area contributed by atoms with Crippen molar-refractivity contribution in [2.75, 3.05) is 24.5 Å². The first-order valence-corrected chi connectivity index (χ1v) is 9.28. The molecule has 3 N–H and O–H groups in total. The molecule has 0 atom stereocenters. The van der Waals surface area contributed by atoms with Gasteiger partial charge in [-0.1, -0.05) is 30.3 Å². The van der Waals surface area contributed by atoms with Gasteiger partial charge in [0.25, 0.3) is 5.91 Å². The van der Waals surface area contributed by atoms with Crippen LogP contribution in [0.15, 0.2) is 54.6 Å². The van der Waals surface area contributed by atoms with Crippen LogP contribution in [0.4, 0.5) is 5.69 Å². The first-order valence-electron chi connectivity index (χ1n) is 8.87. The first-order chi connectivity index (χ1) is 12.6. The zero-order valence-corrected chi connectivity index (χ0v) is 16.1. The van der Waals surface area contributed by atoms with Gasteiger partial charge >= 0.3 is 0 Å². The number of nitrogens with one attached hydrogen (secondary N) is 3. The molecule has 0 radical (unpaired) electrons. The number of hydrogen-bond donors (Lipinski definition) is 3. The first kappa shape index (κ1) is 19.7. The lowest BCUT2D eigenvalue weighted by atomic mass is 10.1. The number of rotatable bonds is 7. The maximum Gasteiger partial charge on any atom is 0.269 e. The average molecular weight is 371 g/mol. The molecule has 2 aromatic carbocycles. The summed E-state index contributed by atoms with van der Waals surface area (Å²) in [6, 6.07) is 17.7. The largest absolute Gasteiger partial charge is 0.372 e. The third kappa shape index (κ3) is 6.04. The third-order valence-electron chi connectivity index (χ3n) is 4.09. The molecule has 6 heteroatoms. The Morgan fingerprint density at radius 1 is 0.962 bits per heavy atom. The van der Waals surface area contributed by atoms with Crippen molar-refractivity contribution in [3.63, 3.8) is 0 Å². The zero-order chi connectivity index (χ0) is 18.8. The molecule has 26 heavy (non-hydrogen) atoms. The lowest BCUT2D eigenvalue weighted by Gasteiger charge is -2.21. The van der Waals surface area contributed by atoms with Crippen LogP contribution in [0.25, 0.3) is 0 Å². The van der Waals surface area contributed by atoms with E-state index in [2.05, 4.69) is 47.0 Å². The number of benzene rings is 2. The predicted molar refractivity (Wildman–Crippen MR) is 111 cm³/mol. The van der Waals surface area contributed by atoms with Gasteiger partial charge in [-0.3, -0.25) is 15.6 Å². The normalized spacial score (nSPS) is 10.1. The lowest BCUT2D eigenvalue weighted by molar-refractivity contribution is 0.0943. The van der Waals surface area contributed by atoms with Gasteiger partial charge in [-0.2, -0.15) is 0 Å². The van der Waals surface area contributed by atoms with Crippen LogP contribution in [0.3, 0.4) is 0 Å². The van der Waals surface area contributed by atoms with Gasteiger partial charge in [0.15, 0.2) is 5.11 Å². The Labute approximate surface area is 160 Å². The molecule has 0 saturated carbocycles. The van der Waals surface area contributed by atoms with E-state index in [1.54, 1.807) is 0 Å². The van der Waals surface area contributed by atoms with Gasteiger partial charge in [0.1, 0.15) is 0 Å². The molecular formula is C20H26N4OS. The lowest BCUT2D eigenvalue weighted by Crippen LogP contribution is -2.47. The monoisotopic (exact) mass is 370 g/mol. The summed E-state index contributed by atoms with van der Waals surface area (Å²) in [7, 11) is 0. The molecule has 138 valence electrons. The molecule has 0 fully saturated rings. The standard InChI is InChI=1S/C20H26N4OS/c1-3-24(4-2)18-12-10-17(11-13-18)19(25)22-23-20(26)21-15-14-16-8-6-5-7-9-16/h5-13H,3-4,14-15H2,1-2H3,(H,22,25)(H2,21,23,26). The van der Waals surface area contributed by atoms with E-state index in [0.29, 0.717) is 17.2 Å². The number of amides is 1. The summed E-state index contributed by atoms with van der Waals surface area (Å²) in [6.45, 7) is 6.79. The minimum absolute atomic E-state index is 0.219. The van der Waals surface area contributed by atoms with Crippen molar-refractivity contribution in [3.05, 3.63) is 65.7 Å². The van der Waals surface area contributed by atoms with Crippen molar-refractivity contribution in [1.82, 2.24) is 16.2 Å². The minimum Gasteiger partial charge on any atom is -0.372 e. The van der Waals surface area contributed by atoms with Gasteiger partial charge in [-0.15, -0.1) is 0 Å². The van der Waals surface area contributed by atoms with E-state index >= 15 is 0 Å². The number of thiocarbonyl (C=S) groups is 1. The van der Waals surface area contributed by atoms with Gasteiger partial charge < -0.3 is 10.2 Å². The van der Waals surface area contributed by atoms with Gasteiger partial charge in [-0.05, 0) is 62.3 Å². The van der Waals surface area contributed by atoms with Crippen molar-refractivity contribution in [2.45, 2.75) is 20.3 Å². The highest BCUT2D eigenvalue weighted by Crippen LogP contribution is 2.14. The molecule has 0 bridgehead atoms. The number of carbonyl (C=O) groups is 1. The summed E-state index contributed by atoms with van der Waals surface area (Å²) >= 11 is 5.18. The Hall–Kier alpha value is -2.60. The molecule has 2 rings (SSSR count). The van der Waals surface area contributed by atoms with Crippen molar-refractivity contribution in [3.8, 4) is 0 Å². The SMILES string of the molecule is CCN(CC)c1ccc(C(=O)NNC(=S)NCCc2ccccc2)cc1. The average Bonchev–Trinajstić information content (AvgIpc) is 2.68. The van der Waals surface area contributed by atoms with Crippen LogP contribution >= 0.6 is 12.2 Å². The van der Waals surface area contributed by atoms with Gasteiger partial charge in [0.2, 0.25) is 0 Å². The Balaban J connectivity index is 1.74. The number of carbonyl (C=O) groups excluding carboxylic acids is 1. The van der Waals surface area contributed by atoms with Crippen molar-refractivity contribution in [1.29, 1.82) is 0 Å². The van der Waals surface area contributed by atoms with E-state index in [1.807, 2.05) is 42.5 Å². The maximum absolute atomic E-state index is 12.2. The van der Waals surface area contributed by atoms with Crippen LogP contribution in [0.1, 0.15) is 29.8 Å². The summed E-state index contributed by atoms with van der Waals surface area (Å²) in [5.74, 6) is -0.219. The minimum atomic E-state index is -0.219. The molecule has 0 spiro atoms. The molecule has 0 aliphatic carbocycles. The summed E-state index contributed by atoms with van der Waals surface area (Å²) in [6.07, 6.45) is 0.865. The van der Waals surface area contributed by atoms with Crippen LogP contribution in [0, 0.1) is 0 Å². The molecule has 2 aromatic rings.